The second-order valence-corrected chi connectivity index (χ2v) is 5.72. The molecular formula is C18H15ClN4O. The van der Waals surface area contributed by atoms with E-state index in [2.05, 4.69) is 20.7 Å². The molecule has 0 aliphatic rings. The first-order chi connectivity index (χ1) is 11.6. The number of halogens is 1. The second kappa shape index (κ2) is 7.10. The first-order valence-electron chi connectivity index (χ1n) is 7.33. The van der Waals surface area contributed by atoms with Crippen molar-refractivity contribution in [3.63, 3.8) is 0 Å². The number of aryl methyl sites for hydroxylation is 1. The Morgan fingerprint density at radius 1 is 1.17 bits per heavy atom. The van der Waals surface area contributed by atoms with Crippen LogP contribution in [0.1, 0.15) is 21.6 Å². The molecule has 1 aromatic heterocycles. The van der Waals surface area contributed by atoms with Gasteiger partial charge in [-0.25, -0.2) is 5.43 Å². The van der Waals surface area contributed by atoms with Gasteiger partial charge in [-0.05, 0) is 30.7 Å². The largest absolute Gasteiger partial charge is 0.289 e. The number of benzene rings is 2. The molecule has 0 saturated heterocycles. The number of rotatable bonds is 4. The van der Waals surface area contributed by atoms with E-state index in [1.165, 1.54) is 5.56 Å². The van der Waals surface area contributed by atoms with Crippen molar-refractivity contribution in [3.8, 4) is 11.3 Å². The molecule has 1 heterocycles. The van der Waals surface area contributed by atoms with Crippen LogP contribution in [0.5, 0.6) is 0 Å². The van der Waals surface area contributed by atoms with E-state index in [1.54, 1.807) is 24.4 Å². The van der Waals surface area contributed by atoms with Crippen molar-refractivity contribution in [1.29, 1.82) is 0 Å². The molecule has 5 nitrogen and oxygen atoms in total. The van der Waals surface area contributed by atoms with E-state index < -0.39 is 0 Å². The molecule has 0 saturated carbocycles. The van der Waals surface area contributed by atoms with Crippen LogP contribution < -0.4 is 5.43 Å². The van der Waals surface area contributed by atoms with Gasteiger partial charge >= 0.3 is 0 Å². The Balaban J connectivity index is 1.65. The van der Waals surface area contributed by atoms with Crippen LogP contribution in [0.3, 0.4) is 0 Å². The lowest BCUT2D eigenvalue weighted by molar-refractivity contribution is 0.0950. The SMILES string of the molecule is Cc1ccc(C=NNC(=O)c2cc(-c3ccc(Cl)cc3)n[nH]2)cc1. The Kier molecular flexibility index (Phi) is 4.72. The van der Waals surface area contributed by atoms with Crippen molar-refractivity contribution in [2.45, 2.75) is 6.92 Å². The fraction of sp³-hybridized carbons (Fsp3) is 0.0556. The molecule has 0 unspecified atom stereocenters. The summed E-state index contributed by atoms with van der Waals surface area (Å²) in [7, 11) is 0. The van der Waals surface area contributed by atoms with Gasteiger partial charge in [-0.15, -0.1) is 0 Å². The Morgan fingerprint density at radius 3 is 2.58 bits per heavy atom. The van der Waals surface area contributed by atoms with Gasteiger partial charge in [-0.2, -0.15) is 10.2 Å². The fourth-order valence-electron chi connectivity index (χ4n) is 2.08. The number of nitrogens with one attached hydrogen (secondary N) is 2. The highest BCUT2D eigenvalue weighted by Crippen LogP contribution is 2.20. The number of carbonyl (C=O) groups is 1. The van der Waals surface area contributed by atoms with Gasteiger partial charge in [-0.1, -0.05) is 53.6 Å². The highest BCUT2D eigenvalue weighted by molar-refractivity contribution is 6.30. The van der Waals surface area contributed by atoms with Crippen LogP contribution in [0.4, 0.5) is 0 Å². The summed E-state index contributed by atoms with van der Waals surface area (Å²) in [5, 5.41) is 11.4. The molecule has 2 N–H and O–H groups in total. The number of nitrogens with zero attached hydrogens (tertiary/aromatic N) is 2. The standard InChI is InChI=1S/C18H15ClN4O/c1-12-2-4-13(5-3-12)11-20-23-18(24)17-10-16(21-22-17)14-6-8-15(19)9-7-14/h2-11H,1H3,(H,21,22)(H,23,24). The summed E-state index contributed by atoms with van der Waals surface area (Å²) in [6.07, 6.45) is 1.59. The number of aromatic nitrogens is 2. The van der Waals surface area contributed by atoms with E-state index >= 15 is 0 Å². The summed E-state index contributed by atoms with van der Waals surface area (Å²) < 4.78 is 0. The number of hydrogen-bond acceptors (Lipinski definition) is 3. The quantitative estimate of drug-likeness (QED) is 0.561. The average Bonchev–Trinajstić information content (AvgIpc) is 3.07. The third kappa shape index (κ3) is 3.88. The summed E-state index contributed by atoms with van der Waals surface area (Å²) in [5.74, 6) is -0.355. The van der Waals surface area contributed by atoms with E-state index in [4.69, 9.17) is 11.6 Å². The van der Waals surface area contributed by atoms with Crippen molar-refractivity contribution in [2.75, 3.05) is 0 Å². The van der Waals surface area contributed by atoms with E-state index in [-0.39, 0.29) is 5.91 Å². The van der Waals surface area contributed by atoms with Crippen molar-refractivity contribution >= 4 is 23.7 Å². The number of hydrazone groups is 1. The van der Waals surface area contributed by atoms with E-state index in [9.17, 15) is 4.79 Å². The molecule has 6 heteroatoms. The second-order valence-electron chi connectivity index (χ2n) is 5.28. The minimum absolute atomic E-state index is 0.334. The van der Waals surface area contributed by atoms with Gasteiger partial charge < -0.3 is 0 Å². The Labute approximate surface area is 144 Å². The van der Waals surface area contributed by atoms with Gasteiger partial charge in [0.15, 0.2) is 0 Å². The molecule has 120 valence electrons. The average molecular weight is 339 g/mol. The maximum atomic E-state index is 12.1. The molecule has 24 heavy (non-hydrogen) atoms. The zero-order chi connectivity index (χ0) is 16.9. The Bertz CT molecular complexity index is 867. The van der Waals surface area contributed by atoms with Gasteiger partial charge in [-0.3, -0.25) is 9.89 Å². The lowest BCUT2D eigenvalue weighted by Crippen LogP contribution is -2.17. The molecule has 2 aromatic carbocycles. The lowest BCUT2D eigenvalue weighted by Gasteiger charge is -1.97. The molecule has 1 amide bonds. The third-order valence-electron chi connectivity index (χ3n) is 3.42. The first-order valence-corrected chi connectivity index (χ1v) is 7.71. The van der Waals surface area contributed by atoms with Gasteiger partial charge in [0.25, 0.3) is 5.91 Å². The summed E-state index contributed by atoms with van der Waals surface area (Å²) in [6, 6.07) is 16.7. The number of H-pyrrole nitrogens is 1. The van der Waals surface area contributed by atoms with Gasteiger partial charge in [0.2, 0.25) is 0 Å². The number of amides is 1. The summed E-state index contributed by atoms with van der Waals surface area (Å²) in [6.45, 7) is 2.01. The predicted molar refractivity (Wildman–Crippen MR) is 95.3 cm³/mol. The summed E-state index contributed by atoms with van der Waals surface area (Å²) >= 11 is 5.86. The van der Waals surface area contributed by atoms with Gasteiger partial charge in [0.05, 0.1) is 11.9 Å². The lowest BCUT2D eigenvalue weighted by atomic mass is 10.1. The number of aromatic amines is 1. The zero-order valence-corrected chi connectivity index (χ0v) is 13.7. The van der Waals surface area contributed by atoms with Crippen molar-refractivity contribution in [3.05, 3.63) is 76.4 Å². The van der Waals surface area contributed by atoms with Crippen LogP contribution in [0.15, 0.2) is 59.7 Å². The normalized spacial score (nSPS) is 10.9. The third-order valence-corrected chi connectivity index (χ3v) is 3.67. The Morgan fingerprint density at radius 2 is 1.88 bits per heavy atom. The molecule has 0 aliphatic heterocycles. The molecule has 0 atom stereocenters. The van der Waals surface area contributed by atoms with Crippen molar-refractivity contribution < 1.29 is 4.79 Å². The van der Waals surface area contributed by atoms with Crippen LogP contribution in [0, 0.1) is 6.92 Å². The summed E-state index contributed by atoms with van der Waals surface area (Å²) in [5.41, 5.74) is 6.43. The minimum atomic E-state index is -0.355. The summed E-state index contributed by atoms with van der Waals surface area (Å²) in [4.78, 5) is 12.1. The topological polar surface area (TPSA) is 70.1 Å². The van der Waals surface area contributed by atoms with Crippen LogP contribution in [-0.2, 0) is 0 Å². The smallest absolute Gasteiger partial charge is 0.272 e. The monoisotopic (exact) mass is 338 g/mol. The number of carbonyl (C=O) groups excluding carboxylic acids is 1. The van der Waals surface area contributed by atoms with Crippen molar-refractivity contribution in [2.24, 2.45) is 5.10 Å². The fourth-order valence-corrected chi connectivity index (χ4v) is 2.21. The van der Waals surface area contributed by atoms with Crippen LogP contribution in [0.25, 0.3) is 11.3 Å². The molecule has 0 radical (unpaired) electrons. The minimum Gasteiger partial charge on any atom is -0.272 e. The van der Waals surface area contributed by atoms with Crippen molar-refractivity contribution in [1.82, 2.24) is 15.6 Å². The highest BCUT2D eigenvalue weighted by Gasteiger charge is 2.10. The predicted octanol–water partition coefficient (Wildman–Crippen LogP) is 3.80. The van der Waals surface area contributed by atoms with Gasteiger partial charge in [0.1, 0.15) is 5.69 Å². The number of hydrogen-bond donors (Lipinski definition) is 2. The molecule has 0 spiro atoms. The molecule has 3 aromatic rings. The van der Waals surface area contributed by atoms with E-state index in [0.717, 1.165) is 11.1 Å². The molecule has 3 rings (SSSR count). The highest BCUT2D eigenvalue weighted by atomic mass is 35.5. The maximum absolute atomic E-state index is 12.1. The van der Waals surface area contributed by atoms with E-state index in [0.29, 0.717) is 16.4 Å². The van der Waals surface area contributed by atoms with Crippen LogP contribution >= 0.6 is 11.6 Å². The van der Waals surface area contributed by atoms with Gasteiger partial charge in [0, 0.05) is 10.6 Å². The molecular weight excluding hydrogens is 324 g/mol. The van der Waals surface area contributed by atoms with E-state index in [1.807, 2.05) is 43.3 Å². The van der Waals surface area contributed by atoms with Crippen LogP contribution in [0.2, 0.25) is 5.02 Å². The molecule has 0 bridgehead atoms. The zero-order valence-electron chi connectivity index (χ0n) is 13.0. The Hall–Kier alpha value is -2.92. The molecule has 0 aliphatic carbocycles. The molecule has 0 fully saturated rings. The maximum Gasteiger partial charge on any atom is 0.289 e. The first kappa shape index (κ1) is 16.0. The van der Waals surface area contributed by atoms with Crippen LogP contribution in [-0.4, -0.2) is 22.3 Å².